The Kier molecular flexibility index (Phi) is 6.43. The van der Waals surface area contributed by atoms with Crippen LogP contribution in [-0.2, 0) is 0 Å². The van der Waals surface area contributed by atoms with Crippen LogP contribution >= 0.6 is 0 Å². The predicted octanol–water partition coefficient (Wildman–Crippen LogP) is 12.0. The standard InChI is InChI=1S/C43H31N/c1-2-3-4-16-33-29-40(36-19-7-8-22-39(36)43(33)34-26-25-30-14-5-6-15-31(30)27-34)32-17-13-18-35(28-32)44-41-23-11-9-20-37(41)38-21-10-12-24-42(38)44/h2-29H,1H3/b3-2-,16-4-. The van der Waals surface area contributed by atoms with Crippen LogP contribution < -0.4 is 0 Å². The Morgan fingerprint density at radius 3 is 1.89 bits per heavy atom. The summed E-state index contributed by atoms with van der Waals surface area (Å²) in [7, 11) is 0. The van der Waals surface area contributed by atoms with Crippen molar-refractivity contribution in [3.63, 3.8) is 0 Å². The van der Waals surface area contributed by atoms with Gasteiger partial charge in [-0.2, -0.15) is 0 Å². The third-order valence-electron chi connectivity index (χ3n) is 8.69. The van der Waals surface area contributed by atoms with Gasteiger partial charge in [-0.3, -0.25) is 0 Å². The molecular weight excluding hydrogens is 530 g/mol. The van der Waals surface area contributed by atoms with E-state index >= 15 is 0 Å². The third-order valence-corrected chi connectivity index (χ3v) is 8.69. The zero-order chi connectivity index (χ0) is 29.5. The SMILES string of the molecule is C/C=C\C=C/c1cc(-c2cccc(-n3c4ccccc4c4ccccc43)c2)c2ccccc2c1-c1ccc2ccccc2c1. The minimum Gasteiger partial charge on any atom is -0.309 e. The molecule has 0 amide bonds. The molecule has 0 aliphatic carbocycles. The molecule has 0 fully saturated rings. The fourth-order valence-corrected chi connectivity index (χ4v) is 6.72. The van der Waals surface area contributed by atoms with Crippen LogP contribution in [0.3, 0.4) is 0 Å². The lowest BCUT2D eigenvalue weighted by Gasteiger charge is -2.17. The molecule has 0 aliphatic heterocycles. The van der Waals surface area contributed by atoms with Gasteiger partial charge in [0.1, 0.15) is 0 Å². The van der Waals surface area contributed by atoms with Crippen molar-refractivity contribution in [1.29, 1.82) is 0 Å². The Morgan fingerprint density at radius 2 is 1.14 bits per heavy atom. The van der Waals surface area contributed by atoms with E-state index in [0.29, 0.717) is 0 Å². The number of para-hydroxylation sites is 2. The largest absolute Gasteiger partial charge is 0.309 e. The Balaban J connectivity index is 1.38. The summed E-state index contributed by atoms with van der Waals surface area (Å²) < 4.78 is 2.40. The quantitative estimate of drug-likeness (QED) is 0.184. The van der Waals surface area contributed by atoms with Crippen LogP contribution in [0.25, 0.3) is 77.4 Å². The van der Waals surface area contributed by atoms with Crippen molar-refractivity contribution < 1.29 is 0 Å². The lowest BCUT2D eigenvalue weighted by Crippen LogP contribution is -1.95. The summed E-state index contributed by atoms with van der Waals surface area (Å²) in [5.74, 6) is 0. The molecular formula is C43H31N. The van der Waals surface area contributed by atoms with Crippen molar-refractivity contribution in [3.05, 3.63) is 169 Å². The second kappa shape index (κ2) is 10.9. The van der Waals surface area contributed by atoms with Gasteiger partial charge >= 0.3 is 0 Å². The molecule has 0 N–H and O–H groups in total. The Bertz CT molecular complexity index is 2350. The molecule has 1 heterocycles. The van der Waals surface area contributed by atoms with E-state index in [-0.39, 0.29) is 0 Å². The number of aromatic nitrogens is 1. The molecule has 0 bridgehead atoms. The molecule has 8 aromatic rings. The molecule has 44 heavy (non-hydrogen) atoms. The summed E-state index contributed by atoms with van der Waals surface area (Å²) in [5, 5.41) is 7.55. The van der Waals surface area contributed by atoms with Crippen molar-refractivity contribution in [1.82, 2.24) is 4.57 Å². The van der Waals surface area contributed by atoms with E-state index in [0.717, 1.165) is 5.69 Å². The minimum atomic E-state index is 1.16. The first-order chi connectivity index (χ1) is 21.8. The third kappa shape index (κ3) is 4.33. The van der Waals surface area contributed by atoms with Crippen LogP contribution in [0, 0.1) is 0 Å². The van der Waals surface area contributed by atoms with Crippen molar-refractivity contribution in [3.8, 4) is 27.9 Å². The predicted molar refractivity (Wildman–Crippen MR) is 191 cm³/mol. The summed E-state index contributed by atoms with van der Waals surface area (Å²) >= 11 is 0. The van der Waals surface area contributed by atoms with E-state index < -0.39 is 0 Å². The highest BCUT2D eigenvalue weighted by Crippen LogP contribution is 2.41. The zero-order valence-corrected chi connectivity index (χ0v) is 24.6. The molecule has 8 rings (SSSR count). The first-order valence-electron chi connectivity index (χ1n) is 15.2. The van der Waals surface area contributed by atoms with E-state index in [2.05, 4.69) is 181 Å². The van der Waals surface area contributed by atoms with Gasteiger partial charge in [-0.25, -0.2) is 0 Å². The van der Waals surface area contributed by atoms with E-state index in [4.69, 9.17) is 0 Å². The van der Waals surface area contributed by atoms with E-state index in [1.807, 2.05) is 0 Å². The summed E-state index contributed by atoms with van der Waals surface area (Å²) in [6.07, 6.45) is 8.56. The molecule has 0 unspecified atom stereocenters. The van der Waals surface area contributed by atoms with Gasteiger partial charge in [0.15, 0.2) is 0 Å². The molecule has 1 heteroatoms. The van der Waals surface area contributed by atoms with Gasteiger partial charge < -0.3 is 4.57 Å². The van der Waals surface area contributed by atoms with Crippen LogP contribution in [0.4, 0.5) is 0 Å². The first-order valence-corrected chi connectivity index (χ1v) is 15.2. The van der Waals surface area contributed by atoms with Crippen LogP contribution in [0.1, 0.15) is 12.5 Å². The molecule has 0 aliphatic rings. The maximum absolute atomic E-state index is 2.40. The van der Waals surface area contributed by atoms with Gasteiger partial charge in [0.05, 0.1) is 11.0 Å². The van der Waals surface area contributed by atoms with Crippen molar-refractivity contribution in [2.24, 2.45) is 0 Å². The number of fused-ring (bicyclic) bond motifs is 5. The topological polar surface area (TPSA) is 4.93 Å². The average Bonchev–Trinajstić information content (AvgIpc) is 3.42. The Morgan fingerprint density at radius 1 is 0.477 bits per heavy atom. The molecule has 0 atom stereocenters. The monoisotopic (exact) mass is 561 g/mol. The van der Waals surface area contributed by atoms with Crippen LogP contribution in [-0.4, -0.2) is 4.57 Å². The second-order valence-electron chi connectivity index (χ2n) is 11.3. The lowest BCUT2D eigenvalue weighted by molar-refractivity contribution is 1.18. The second-order valence-corrected chi connectivity index (χ2v) is 11.3. The molecule has 1 nitrogen and oxygen atoms in total. The smallest absolute Gasteiger partial charge is 0.0541 e. The number of rotatable bonds is 5. The molecule has 0 saturated carbocycles. The Labute approximate surface area is 257 Å². The maximum atomic E-state index is 2.40. The molecule has 0 saturated heterocycles. The summed E-state index contributed by atoms with van der Waals surface area (Å²) in [4.78, 5) is 0. The van der Waals surface area contributed by atoms with Gasteiger partial charge in [-0.05, 0) is 92.7 Å². The number of allylic oxidation sites excluding steroid dienone is 3. The van der Waals surface area contributed by atoms with E-state index in [1.54, 1.807) is 0 Å². The summed E-state index contributed by atoms with van der Waals surface area (Å²) in [5.41, 5.74) is 9.72. The van der Waals surface area contributed by atoms with Crippen molar-refractivity contribution in [2.45, 2.75) is 6.92 Å². The highest BCUT2D eigenvalue weighted by atomic mass is 15.0. The van der Waals surface area contributed by atoms with Gasteiger partial charge in [-0.1, -0.05) is 133 Å². The van der Waals surface area contributed by atoms with E-state index in [1.165, 1.54) is 71.2 Å². The average molecular weight is 562 g/mol. The molecule has 0 spiro atoms. The zero-order valence-electron chi connectivity index (χ0n) is 24.6. The summed E-state index contributed by atoms with van der Waals surface area (Å²) in [6, 6.07) is 53.0. The fraction of sp³-hybridized carbons (Fsp3) is 0.0233. The minimum absolute atomic E-state index is 1.16. The number of benzene rings is 7. The normalized spacial score (nSPS) is 12.0. The number of hydrogen-bond donors (Lipinski definition) is 0. The fourth-order valence-electron chi connectivity index (χ4n) is 6.72. The molecule has 0 radical (unpaired) electrons. The highest BCUT2D eigenvalue weighted by Gasteiger charge is 2.16. The van der Waals surface area contributed by atoms with Crippen molar-refractivity contribution in [2.75, 3.05) is 0 Å². The summed E-state index contributed by atoms with van der Waals surface area (Å²) in [6.45, 7) is 2.06. The lowest BCUT2D eigenvalue weighted by atomic mass is 9.87. The van der Waals surface area contributed by atoms with Crippen LogP contribution in [0.15, 0.2) is 164 Å². The number of hydrogen-bond acceptors (Lipinski definition) is 0. The van der Waals surface area contributed by atoms with Crippen LogP contribution in [0.2, 0.25) is 0 Å². The molecule has 1 aromatic heterocycles. The van der Waals surface area contributed by atoms with Gasteiger partial charge in [0.2, 0.25) is 0 Å². The first kappa shape index (κ1) is 26.0. The molecule has 208 valence electrons. The van der Waals surface area contributed by atoms with Crippen LogP contribution in [0.5, 0.6) is 0 Å². The van der Waals surface area contributed by atoms with Gasteiger partial charge in [0.25, 0.3) is 0 Å². The Hall–Kier alpha value is -5.66. The number of nitrogens with zero attached hydrogens (tertiary/aromatic N) is 1. The maximum Gasteiger partial charge on any atom is 0.0541 e. The van der Waals surface area contributed by atoms with Crippen molar-refractivity contribution >= 4 is 49.4 Å². The molecule has 7 aromatic carbocycles. The van der Waals surface area contributed by atoms with Gasteiger partial charge in [0, 0.05) is 16.5 Å². The highest BCUT2D eigenvalue weighted by molar-refractivity contribution is 6.11. The van der Waals surface area contributed by atoms with E-state index in [9.17, 15) is 0 Å². The van der Waals surface area contributed by atoms with Gasteiger partial charge in [-0.15, -0.1) is 0 Å².